The standard InChI is InChI=1S/C17H25NO2.C16H23NO3.C11H15NO.C9H17NO3.C6H10O/c19-17-9-5-4-8-16(17)18-11-10-15(12-18)20-13-14-6-2-1-3-7-14;1-16(2,3)20-15(18)17-10-9-14(11-17)19-12-13-7-5-4-6-8-13;1-2-4-10(5-3-1)9-13-11-6-7-12-8-11;1-9(2,3)13-8(12)10-5-4-7(11)6-10;1-2-4-6-5(3-1)7-6/h1-3,6-7,15-17,19H,4-5,8-13H2;4-8,14H,9-12H2,1-3H3;1-5,11-12H,6-9H2;7,11H,4-6H2,1-3H3;5-6H,1-4H2/t15-,16?,17+;14-;11-;7-;/m1111./s1. The molecule has 3 unspecified atom stereocenters. The van der Waals surface area contributed by atoms with Crippen LogP contribution in [0.5, 0.6) is 0 Å². The number of epoxide rings is 1. The van der Waals surface area contributed by atoms with Gasteiger partial charge in [-0.15, -0.1) is 0 Å². The molecule has 73 heavy (non-hydrogen) atoms. The highest BCUT2D eigenvalue weighted by Crippen LogP contribution is 2.36. The topological polar surface area (TPSA) is 155 Å². The third kappa shape index (κ3) is 22.3. The molecule has 2 aliphatic carbocycles. The molecule has 14 heteroatoms. The maximum atomic E-state index is 11.9. The number of likely N-dealkylation sites (tertiary alicyclic amines) is 3. The third-order valence-corrected chi connectivity index (χ3v) is 13.9. The number of aliphatic hydroxyl groups is 2. The number of aliphatic hydroxyl groups excluding tert-OH is 2. The molecule has 406 valence electrons. The summed E-state index contributed by atoms with van der Waals surface area (Å²) in [6.45, 7) is 19.6. The number of nitrogens with zero attached hydrogens (tertiary/aromatic N) is 3. The van der Waals surface area contributed by atoms with Gasteiger partial charge in [0.05, 0.1) is 69.1 Å². The Morgan fingerprint density at radius 2 is 1.00 bits per heavy atom. The molecular formula is C59H90N4O10. The summed E-state index contributed by atoms with van der Waals surface area (Å²) in [6.07, 6.45) is 15.0. The van der Waals surface area contributed by atoms with Crippen LogP contribution in [0.4, 0.5) is 9.59 Å². The number of benzene rings is 3. The highest BCUT2D eigenvalue weighted by molar-refractivity contribution is 5.69. The summed E-state index contributed by atoms with van der Waals surface area (Å²) in [5, 5.41) is 22.6. The van der Waals surface area contributed by atoms with Gasteiger partial charge in [-0.2, -0.15) is 0 Å². The molecular weight excluding hydrogens is 925 g/mol. The van der Waals surface area contributed by atoms with Crippen molar-refractivity contribution >= 4 is 12.2 Å². The zero-order valence-electron chi connectivity index (χ0n) is 45.0. The number of rotatable bonds is 10. The first-order valence-corrected chi connectivity index (χ1v) is 27.5. The fourth-order valence-corrected chi connectivity index (χ4v) is 9.81. The number of ether oxygens (including phenoxy) is 6. The predicted molar refractivity (Wildman–Crippen MR) is 285 cm³/mol. The molecule has 3 aromatic carbocycles. The molecule has 8 atom stereocenters. The Hall–Kier alpha value is -4.12. The van der Waals surface area contributed by atoms with Crippen LogP contribution in [0, 0.1) is 0 Å². The van der Waals surface area contributed by atoms with E-state index in [0.29, 0.717) is 76.3 Å². The van der Waals surface area contributed by atoms with Crippen LogP contribution in [0.25, 0.3) is 0 Å². The molecule has 5 aliphatic heterocycles. The molecule has 0 bridgehead atoms. The van der Waals surface area contributed by atoms with E-state index in [1.165, 1.54) is 54.6 Å². The predicted octanol–water partition coefficient (Wildman–Crippen LogP) is 9.67. The SMILES string of the molecule is C1CCC2OC2C1.CC(C)(C)OC(=O)N1CC[C@@H](O)C1.CC(C)(C)OC(=O)N1CC[C@@H](OCc2ccccc2)C1.O[C@H]1CCCCC1N1CC[C@@H](OCc2ccccc2)C1.c1ccc(CO[C@@H]2CCNC2)cc1. The normalized spacial score (nSPS) is 26.6. The average Bonchev–Trinajstić information content (AvgIpc) is 3.93. The second kappa shape index (κ2) is 29.8. The van der Waals surface area contributed by atoms with E-state index in [0.717, 1.165) is 70.5 Å². The molecule has 0 spiro atoms. The van der Waals surface area contributed by atoms with E-state index in [-0.39, 0.29) is 30.5 Å². The van der Waals surface area contributed by atoms with E-state index >= 15 is 0 Å². The van der Waals surface area contributed by atoms with Gasteiger partial charge in [-0.05, 0) is 116 Å². The first kappa shape index (κ1) is 58.1. The van der Waals surface area contributed by atoms with Gasteiger partial charge < -0.3 is 53.8 Å². The number of β-amino-alcohol motifs (C(OH)–C–C–N with tert-alkyl or cyclic N) is 1. The second-order valence-corrected chi connectivity index (χ2v) is 22.5. The van der Waals surface area contributed by atoms with Crippen LogP contribution in [0.1, 0.15) is 135 Å². The number of carbonyl (C=O) groups is 2. The van der Waals surface area contributed by atoms with Crippen molar-refractivity contribution in [1.82, 2.24) is 20.0 Å². The van der Waals surface area contributed by atoms with E-state index in [2.05, 4.69) is 46.6 Å². The zero-order valence-corrected chi connectivity index (χ0v) is 45.0. The summed E-state index contributed by atoms with van der Waals surface area (Å²) in [5.74, 6) is 0. The Kier molecular flexibility index (Phi) is 23.8. The fourth-order valence-electron chi connectivity index (χ4n) is 9.81. The van der Waals surface area contributed by atoms with Crippen LogP contribution in [0.3, 0.4) is 0 Å². The van der Waals surface area contributed by atoms with Crippen LogP contribution in [-0.2, 0) is 48.2 Å². The zero-order chi connectivity index (χ0) is 52.1. The van der Waals surface area contributed by atoms with Gasteiger partial charge >= 0.3 is 12.2 Å². The summed E-state index contributed by atoms with van der Waals surface area (Å²) < 4.78 is 33.4. The van der Waals surface area contributed by atoms with Crippen molar-refractivity contribution < 1.29 is 48.2 Å². The van der Waals surface area contributed by atoms with Crippen molar-refractivity contribution in [2.45, 2.75) is 198 Å². The summed E-state index contributed by atoms with van der Waals surface area (Å²) in [4.78, 5) is 29.0. The molecule has 2 amide bonds. The number of fused-ring (bicyclic) bond motifs is 1. The molecule has 10 rings (SSSR count). The Labute approximate surface area is 437 Å². The minimum atomic E-state index is -0.454. The van der Waals surface area contributed by atoms with Crippen LogP contribution in [0.15, 0.2) is 91.0 Å². The molecule has 5 saturated heterocycles. The lowest BCUT2D eigenvalue weighted by Gasteiger charge is -2.35. The van der Waals surface area contributed by atoms with Gasteiger partial charge in [-0.1, -0.05) is 117 Å². The Balaban J connectivity index is 0.000000154. The molecule has 2 saturated carbocycles. The van der Waals surface area contributed by atoms with E-state index in [1.807, 2.05) is 96.1 Å². The van der Waals surface area contributed by atoms with E-state index in [9.17, 15) is 19.8 Å². The lowest BCUT2D eigenvalue weighted by molar-refractivity contribution is 0.00965. The third-order valence-electron chi connectivity index (χ3n) is 13.9. The number of nitrogens with one attached hydrogen (secondary N) is 1. The molecule has 14 nitrogen and oxygen atoms in total. The maximum Gasteiger partial charge on any atom is 0.410 e. The van der Waals surface area contributed by atoms with Crippen molar-refractivity contribution in [2.75, 3.05) is 52.4 Å². The molecule has 3 N–H and O–H groups in total. The largest absolute Gasteiger partial charge is 0.444 e. The number of hydrogen-bond donors (Lipinski definition) is 3. The summed E-state index contributed by atoms with van der Waals surface area (Å²) >= 11 is 0. The minimum Gasteiger partial charge on any atom is -0.444 e. The molecule has 0 radical (unpaired) electrons. The van der Waals surface area contributed by atoms with Crippen LogP contribution in [0.2, 0.25) is 0 Å². The first-order chi connectivity index (χ1) is 35.1. The number of amides is 2. The summed E-state index contributed by atoms with van der Waals surface area (Å²) in [7, 11) is 0. The van der Waals surface area contributed by atoms with Gasteiger partial charge in [0.2, 0.25) is 0 Å². The number of carbonyl (C=O) groups excluding carboxylic acids is 2. The summed E-state index contributed by atoms with van der Waals surface area (Å²) in [6, 6.07) is 31.1. The first-order valence-electron chi connectivity index (χ1n) is 27.5. The van der Waals surface area contributed by atoms with Crippen molar-refractivity contribution in [3.63, 3.8) is 0 Å². The van der Waals surface area contributed by atoms with Crippen molar-refractivity contribution in [3.05, 3.63) is 108 Å². The highest BCUT2D eigenvalue weighted by Gasteiger charge is 2.40. The van der Waals surface area contributed by atoms with Crippen molar-refractivity contribution in [3.8, 4) is 0 Å². The van der Waals surface area contributed by atoms with E-state index < -0.39 is 11.2 Å². The van der Waals surface area contributed by atoms with Gasteiger partial charge in [0, 0.05) is 45.3 Å². The molecule has 7 aliphatic rings. The van der Waals surface area contributed by atoms with E-state index in [4.69, 9.17) is 28.4 Å². The second-order valence-electron chi connectivity index (χ2n) is 22.5. The van der Waals surface area contributed by atoms with Crippen LogP contribution in [-0.4, -0.2) is 149 Å². The van der Waals surface area contributed by atoms with Crippen molar-refractivity contribution in [1.29, 1.82) is 0 Å². The average molecular weight is 1020 g/mol. The molecule has 5 heterocycles. The lowest BCUT2D eigenvalue weighted by Crippen LogP contribution is -2.44. The maximum absolute atomic E-state index is 11.9. The monoisotopic (exact) mass is 1010 g/mol. The Morgan fingerprint density at radius 1 is 0.548 bits per heavy atom. The fraction of sp³-hybridized carbons (Fsp3) is 0.661. The molecule has 0 aromatic heterocycles. The van der Waals surface area contributed by atoms with Gasteiger partial charge in [-0.3, -0.25) is 4.90 Å². The van der Waals surface area contributed by atoms with Gasteiger partial charge in [0.15, 0.2) is 0 Å². The van der Waals surface area contributed by atoms with Gasteiger partial charge in [0.1, 0.15) is 11.2 Å². The van der Waals surface area contributed by atoms with Crippen LogP contribution >= 0.6 is 0 Å². The molecule has 7 fully saturated rings. The Bertz CT molecular complexity index is 1990. The van der Waals surface area contributed by atoms with E-state index in [1.54, 1.807) is 4.90 Å². The number of hydrogen-bond acceptors (Lipinski definition) is 12. The highest BCUT2D eigenvalue weighted by atomic mass is 16.6. The quantitative estimate of drug-likeness (QED) is 0.166. The van der Waals surface area contributed by atoms with Gasteiger partial charge in [0.25, 0.3) is 0 Å². The van der Waals surface area contributed by atoms with Crippen molar-refractivity contribution in [2.24, 2.45) is 0 Å². The lowest BCUT2D eigenvalue weighted by atomic mass is 9.91. The Morgan fingerprint density at radius 3 is 1.45 bits per heavy atom. The molecule has 3 aromatic rings. The minimum absolute atomic E-state index is 0.0997. The van der Waals surface area contributed by atoms with Gasteiger partial charge in [-0.25, -0.2) is 9.59 Å². The smallest absolute Gasteiger partial charge is 0.410 e. The van der Waals surface area contributed by atoms with Crippen LogP contribution < -0.4 is 5.32 Å². The summed E-state index contributed by atoms with van der Waals surface area (Å²) in [5.41, 5.74) is 2.76.